The molecule has 0 spiro atoms. The smallest absolute Gasteiger partial charge is 0.0630 e. The van der Waals surface area contributed by atoms with Crippen molar-refractivity contribution in [1.29, 1.82) is 0 Å². The number of nitrogens with zero attached hydrogens (tertiary/aromatic N) is 2. The Morgan fingerprint density at radius 3 is 2.67 bits per heavy atom. The van der Waals surface area contributed by atoms with Crippen LogP contribution in [0.15, 0.2) is 0 Å². The van der Waals surface area contributed by atoms with Crippen molar-refractivity contribution in [3.8, 4) is 0 Å². The van der Waals surface area contributed by atoms with E-state index in [1.54, 1.807) is 0 Å². The molecule has 0 aromatic rings. The molecule has 0 radical (unpaired) electrons. The van der Waals surface area contributed by atoms with Gasteiger partial charge < -0.3 is 10.1 Å². The lowest BCUT2D eigenvalue weighted by Crippen LogP contribution is -2.63. The zero-order valence-electron chi connectivity index (χ0n) is 14.7. The zero-order chi connectivity index (χ0) is 15.5. The lowest BCUT2D eigenvalue weighted by molar-refractivity contribution is -0.0267. The standard InChI is InChI=1S/C17H35N3O/c1-14-11-19-9-7-6-8-15(19)12-20(14)16(13-21-5)10-18-17(2,3)4/h14-16,18H,6-13H2,1-5H3. The summed E-state index contributed by atoms with van der Waals surface area (Å²) < 4.78 is 5.51. The van der Waals surface area contributed by atoms with Gasteiger partial charge in [0.2, 0.25) is 0 Å². The van der Waals surface area contributed by atoms with Crippen LogP contribution >= 0.6 is 0 Å². The highest BCUT2D eigenvalue weighted by Gasteiger charge is 2.36. The summed E-state index contributed by atoms with van der Waals surface area (Å²) in [5.41, 5.74) is 0.169. The second-order valence-corrected chi connectivity index (χ2v) is 7.93. The van der Waals surface area contributed by atoms with Gasteiger partial charge in [-0.2, -0.15) is 0 Å². The van der Waals surface area contributed by atoms with Crippen molar-refractivity contribution in [3.05, 3.63) is 0 Å². The number of piperazine rings is 1. The Bertz CT molecular complexity index is 316. The Morgan fingerprint density at radius 1 is 1.24 bits per heavy atom. The monoisotopic (exact) mass is 297 g/mol. The van der Waals surface area contributed by atoms with Gasteiger partial charge in [0.15, 0.2) is 0 Å². The normalized spacial score (nSPS) is 30.1. The van der Waals surface area contributed by atoms with E-state index in [2.05, 4.69) is 42.8 Å². The van der Waals surface area contributed by atoms with Gasteiger partial charge in [-0.3, -0.25) is 9.80 Å². The maximum atomic E-state index is 5.51. The minimum absolute atomic E-state index is 0.169. The fourth-order valence-electron chi connectivity index (χ4n) is 3.77. The molecule has 0 amide bonds. The van der Waals surface area contributed by atoms with E-state index < -0.39 is 0 Å². The van der Waals surface area contributed by atoms with Gasteiger partial charge in [-0.15, -0.1) is 0 Å². The highest BCUT2D eigenvalue weighted by Crippen LogP contribution is 2.25. The third-order valence-electron chi connectivity index (χ3n) is 4.93. The van der Waals surface area contributed by atoms with E-state index in [9.17, 15) is 0 Å². The number of methoxy groups -OCH3 is 1. The van der Waals surface area contributed by atoms with Crippen LogP contribution < -0.4 is 5.32 Å². The van der Waals surface area contributed by atoms with Gasteiger partial charge >= 0.3 is 0 Å². The third kappa shape index (κ3) is 4.92. The lowest BCUT2D eigenvalue weighted by atomic mass is 9.95. The number of nitrogens with one attached hydrogen (secondary N) is 1. The van der Waals surface area contributed by atoms with Crippen LogP contribution in [0.4, 0.5) is 0 Å². The fraction of sp³-hybridized carbons (Fsp3) is 1.00. The van der Waals surface area contributed by atoms with Crippen LogP contribution in [0, 0.1) is 0 Å². The van der Waals surface area contributed by atoms with Crippen molar-refractivity contribution < 1.29 is 4.74 Å². The molecule has 2 saturated heterocycles. The largest absolute Gasteiger partial charge is 0.383 e. The average molecular weight is 297 g/mol. The number of hydrogen-bond donors (Lipinski definition) is 1. The Hall–Kier alpha value is -0.160. The molecule has 4 nitrogen and oxygen atoms in total. The average Bonchev–Trinajstić information content (AvgIpc) is 2.42. The molecule has 2 fully saturated rings. The molecule has 2 heterocycles. The van der Waals surface area contributed by atoms with Crippen LogP contribution in [0.5, 0.6) is 0 Å². The number of piperidine rings is 1. The summed E-state index contributed by atoms with van der Waals surface area (Å²) in [5, 5.41) is 3.66. The van der Waals surface area contributed by atoms with Gasteiger partial charge in [-0.1, -0.05) is 6.42 Å². The molecule has 1 N–H and O–H groups in total. The van der Waals surface area contributed by atoms with Crippen molar-refractivity contribution >= 4 is 0 Å². The van der Waals surface area contributed by atoms with Crippen LogP contribution in [0.1, 0.15) is 47.0 Å². The summed E-state index contributed by atoms with van der Waals surface area (Å²) in [6, 6.07) is 1.87. The van der Waals surface area contributed by atoms with E-state index in [-0.39, 0.29) is 5.54 Å². The highest BCUT2D eigenvalue weighted by molar-refractivity contribution is 4.93. The molecule has 0 bridgehead atoms. The molecule has 2 aliphatic heterocycles. The van der Waals surface area contributed by atoms with Crippen LogP contribution in [0.3, 0.4) is 0 Å². The fourth-order valence-corrected chi connectivity index (χ4v) is 3.77. The second-order valence-electron chi connectivity index (χ2n) is 7.93. The van der Waals surface area contributed by atoms with E-state index >= 15 is 0 Å². The summed E-state index contributed by atoms with van der Waals surface area (Å²) in [4.78, 5) is 5.40. The molecule has 0 aromatic heterocycles. The van der Waals surface area contributed by atoms with Gasteiger partial charge in [-0.05, 0) is 47.1 Å². The van der Waals surface area contributed by atoms with Crippen molar-refractivity contribution in [2.75, 3.05) is 39.9 Å². The van der Waals surface area contributed by atoms with Crippen LogP contribution in [0.2, 0.25) is 0 Å². The molecule has 2 rings (SSSR count). The minimum Gasteiger partial charge on any atom is -0.383 e. The zero-order valence-corrected chi connectivity index (χ0v) is 14.7. The van der Waals surface area contributed by atoms with E-state index in [4.69, 9.17) is 4.74 Å². The first-order valence-electron chi connectivity index (χ1n) is 8.64. The summed E-state index contributed by atoms with van der Waals surface area (Å²) in [7, 11) is 1.83. The third-order valence-corrected chi connectivity index (χ3v) is 4.93. The molecule has 0 aliphatic carbocycles. The van der Waals surface area contributed by atoms with Gasteiger partial charge in [0.05, 0.1) is 6.61 Å². The molecular formula is C17H35N3O. The topological polar surface area (TPSA) is 27.7 Å². The number of hydrogen-bond acceptors (Lipinski definition) is 4. The van der Waals surface area contributed by atoms with Crippen LogP contribution in [-0.4, -0.2) is 73.4 Å². The number of ether oxygens (including phenoxy) is 1. The van der Waals surface area contributed by atoms with Gasteiger partial charge in [0.25, 0.3) is 0 Å². The second kappa shape index (κ2) is 7.40. The predicted octanol–water partition coefficient (Wildman–Crippen LogP) is 1.95. The van der Waals surface area contributed by atoms with Crippen molar-refractivity contribution in [3.63, 3.8) is 0 Å². The predicted molar refractivity (Wildman–Crippen MR) is 88.8 cm³/mol. The molecule has 124 valence electrons. The summed E-state index contributed by atoms with van der Waals surface area (Å²) in [6.07, 6.45) is 4.16. The van der Waals surface area contributed by atoms with Crippen LogP contribution in [-0.2, 0) is 4.74 Å². The molecule has 3 unspecified atom stereocenters. The Balaban J connectivity index is 1.97. The molecule has 2 aliphatic rings. The van der Waals surface area contributed by atoms with Crippen molar-refractivity contribution in [2.24, 2.45) is 0 Å². The Labute approximate surface area is 131 Å². The summed E-state index contributed by atoms with van der Waals surface area (Å²) in [5.74, 6) is 0. The van der Waals surface area contributed by atoms with E-state index in [1.807, 2.05) is 7.11 Å². The molecule has 21 heavy (non-hydrogen) atoms. The Kier molecular flexibility index (Phi) is 6.06. The van der Waals surface area contributed by atoms with Gasteiger partial charge in [0, 0.05) is 50.4 Å². The molecule has 4 heteroatoms. The molecule has 0 saturated carbocycles. The first-order valence-corrected chi connectivity index (χ1v) is 8.64. The first kappa shape index (κ1) is 17.2. The Morgan fingerprint density at radius 2 is 2.00 bits per heavy atom. The molecular weight excluding hydrogens is 262 g/mol. The number of rotatable bonds is 5. The van der Waals surface area contributed by atoms with Crippen molar-refractivity contribution in [2.45, 2.75) is 70.6 Å². The summed E-state index contributed by atoms with van der Waals surface area (Å²) >= 11 is 0. The van der Waals surface area contributed by atoms with Crippen LogP contribution in [0.25, 0.3) is 0 Å². The summed E-state index contributed by atoms with van der Waals surface area (Å²) in [6.45, 7) is 14.6. The first-order chi connectivity index (χ1) is 9.90. The van der Waals surface area contributed by atoms with Crippen molar-refractivity contribution in [1.82, 2.24) is 15.1 Å². The van der Waals surface area contributed by atoms with Gasteiger partial charge in [-0.25, -0.2) is 0 Å². The maximum Gasteiger partial charge on any atom is 0.0630 e. The van der Waals surface area contributed by atoms with E-state index in [0.29, 0.717) is 12.1 Å². The maximum absolute atomic E-state index is 5.51. The van der Waals surface area contributed by atoms with E-state index in [1.165, 1.54) is 38.9 Å². The number of fused-ring (bicyclic) bond motifs is 1. The highest BCUT2D eigenvalue weighted by atomic mass is 16.5. The quantitative estimate of drug-likeness (QED) is 0.839. The minimum atomic E-state index is 0.169. The molecule has 0 aromatic carbocycles. The van der Waals surface area contributed by atoms with E-state index in [0.717, 1.165) is 19.2 Å². The van der Waals surface area contributed by atoms with Gasteiger partial charge in [0.1, 0.15) is 0 Å². The lowest BCUT2D eigenvalue weighted by Gasteiger charge is -2.50. The SMILES string of the molecule is COCC(CNC(C)(C)C)N1CC2CCCCN2CC1C. The molecule has 3 atom stereocenters.